The summed E-state index contributed by atoms with van der Waals surface area (Å²) in [7, 11) is 1.72. The van der Waals surface area contributed by atoms with Crippen LogP contribution in [0, 0.1) is 0 Å². The van der Waals surface area contributed by atoms with E-state index in [4.69, 9.17) is 9.15 Å². The van der Waals surface area contributed by atoms with Crippen LogP contribution < -0.4 is 0 Å². The molecule has 2 heterocycles. The van der Waals surface area contributed by atoms with Gasteiger partial charge < -0.3 is 19.0 Å². The first kappa shape index (κ1) is 15.9. The average molecular weight is 312 g/mol. The van der Waals surface area contributed by atoms with Crippen LogP contribution in [0.3, 0.4) is 0 Å². The standard InChI is InChI=1S/C14H20N2O4S/c1-3-19-8-13(17)16-10-21-9-12(16)14(18)15(2)7-11-5-4-6-20-11/h4-6,12H,3,7-10H2,1-2H3/t12-/m1/s1. The Bertz CT molecular complexity index is 477. The quantitative estimate of drug-likeness (QED) is 0.789. The van der Waals surface area contributed by atoms with Crippen LogP contribution in [0.15, 0.2) is 22.8 Å². The summed E-state index contributed by atoms with van der Waals surface area (Å²) in [4.78, 5) is 27.7. The molecule has 0 radical (unpaired) electrons. The lowest BCUT2D eigenvalue weighted by Gasteiger charge is -2.26. The monoisotopic (exact) mass is 312 g/mol. The minimum atomic E-state index is -0.414. The van der Waals surface area contributed by atoms with Crippen LogP contribution in [0.1, 0.15) is 12.7 Å². The van der Waals surface area contributed by atoms with Gasteiger partial charge in [-0.15, -0.1) is 11.8 Å². The van der Waals surface area contributed by atoms with Crippen LogP contribution in [0.4, 0.5) is 0 Å². The first-order valence-electron chi connectivity index (χ1n) is 6.85. The summed E-state index contributed by atoms with van der Waals surface area (Å²) in [6, 6.07) is 3.20. The molecule has 1 aliphatic heterocycles. The van der Waals surface area contributed by atoms with E-state index in [0.717, 1.165) is 5.76 Å². The van der Waals surface area contributed by atoms with Gasteiger partial charge in [0.15, 0.2) is 0 Å². The van der Waals surface area contributed by atoms with Crippen molar-refractivity contribution >= 4 is 23.6 Å². The zero-order valence-electron chi connectivity index (χ0n) is 12.3. The molecular weight excluding hydrogens is 292 g/mol. The van der Waals surface area contributed by atoms with Crippen LogP contribution in [0.25, 0.3) is 0 Å². The number of likely N-dealkylation sites (N-methyl/N-ethyl adjacent to an activating group) is 1. The van der Waals surface area contributed by atoms with Crippen molar-refractivity contribution < 1.29 is 18.7 Å². The minimum Gasteiger partial charge on any atom is -0.467 e. The molecule has 2 amide bonds. The van der Waals surface area contributed by atoms with Crippen molar-refractivity contribution in [1.82, 2.24) is 9.80 Å². The Morgan fingerprint density at radius 2 is 2.38 bits per heavy atom. The molecule has 1 aromatic heterocycles. The van der Waals surface area contributed by atoms with Gasteiger partial charge in [-0.25, -0.2) is 0 Å². The normalized spacial score (nSPS) is 18.0. The lowest BCUT2D eigenvalue weighted by molar-refractivity contribution is -0.145. The molecule has 1 atom stereocenters. The second-order valence-electron chi connectivity index (χ2n) is 4.79. The molecule has 0 bridgehead atoms. The summed E-state index contributed by atoms with van der Waals surface area (Å²) in [6.07, 6.45) is 1.58. The number of rotatable bonds is 6. The average Bonchev–Trinajstić information content (AvgIpc) is 3.14. The highest BCUT2D eigenvalue weighted by atomic mass is 32.2. The molecule has 0 spiro atoms. The van der Waals surface area contributed by atoms with Gasteiger partial charge in [-0.05, 0) is 19.1 Å². The Hall–Kier alpha value is -1.47. The van der Waals surface area contributed by atoms with Gasteiger partial charge in [0.25, 0.3) is 0 Å². The van der Waals surface area contributed by atoms with Crippen LogP contribution >= 0.6 is 11.8 Å². The van der Waals surface area contributed by atoms with E-state index >= 15 is 0 Å². The summed E-state index contributed by atoms with van der Waals surface area (Å²) in [5.74, 6) is 1.69. The predicted octanol–water partition coefficient (Wildman–Crippen LogP) is 1.18. The first-order chi connectivity index (χ1) is 10.1. The molecule has 1 saturated heterocycles. The number of nitrogens with zero attached hydrogens (tertiary/aromatic N) is 2. The maximum absolute atomic E-state index is 12.5. The third kappa shape index (κ3) is 4.01. The van der Waals surface area contributed by atoms with E-state index in [1.165, 1.54) is 0 Å². The Kier molecular flexibility index (Phi) is 5.69. The molecule has 1 aromatic rings. The molecule has 1 fully saturated rings. The smallest absolute Gasteiger partial charge is 0.249 e. The summed E-state index contributed by atoms with van der Waals surface area (Å²) >= 11 is 1.58. The van der Waals surface area contributed by atoms with E-state index in [0.29, 0.717) is 24.8 Å². The topological polar surface area (TPSA) is 63.0 Å². The van der Waals surface area contributed by atoms with E-state index in [1.54, 1.807) is 40.9 Å². The molecule has 1 aliphatic rings. The molecule has 0 aliphatic carbocycles. The number of carbonyl (C=O) groups is 2. The number of hydrogen-bond donors (Lipinski definition) is 0. The van der Waals surface area contributed by atoms with Gasteiger partial charge in [-0.3, -0.25) is 9.59 Å². The summed E-state index contributed by atoms with van der Waals surface area (Å²) in [5.41, 5.74) is 0. The summed E-state index contributed by atoms with van der Waals surface area (Å²) < 4.78 is 10.4. The molecule has 6 nitrogen and oxygen atoms in total. The molecule has 116 valence electrons. The number of amides is 2. The third-order valence-corrected chi connectivity index (χ3v) is 4.28. The maximum Gasteiger partial charge on any atom is 0.249 e. The predicted molar refractivity (Wildman–Crippen MR) is 79.6 cm³/mol. The van der Waals surface area contributed by atoms with Gasteiger partial charge in [0, 0.05) is 19.4 Å². The van der Waals surface area contributed by atoms with E-state index < -0.39 is 6.04 Å². The van der Waals surface area contributed by atoms with E-state index in [2.05, 4.69) is 0 Å². The minimum absolute atomic E-state index is 0.0305. The largest absolute Gasteiger partial charge is 0.467 e. The van der Waals surface area contributed by atoms with Crippen molar-refractivity contribution in [3.05, 3.63) is 24.2 Å². The van der Waals surface area contributed by atoms with Gasteiger partial charge in [0.1, 0.15) is 18.4 Å². The second-order valence-corrected chi connectivity index (χ2v) is 5.79. The Balaban J connectivity index is 1.95. The Morgan fingerprint density at radius 1 is 1.57 bits per heavy atom. The number of ether oxygens (including phenoxy) is 1. The van der Waals surface area contributed by atoms with Crippen LogP contribution in [0.5, 0.6) is 0 Å². The van der Waals surface area contributed by atoms with Crippen molar-refractivity contribution in [3.8, 4) is 0 Å². The van der Waals surface area contributed by atoms with Gasteiger partial charge in [-0.1, -0.05) is 0 Å². The van der Waals surface area contributed by atoms with Crippen molar-refractivity contribution in [2.24, 2.45) is 0 Å². The molecule has 0 aromatic carbocycles. The molecule has 21 heavy (non-hydrogen) atoms. The highest BCUT2D eigenvalue weighted by molar-refractivity contribution is 7.99. The van der Waals surface area contributed by atoms with E-state index in [9.17, 15) is 9.59 Å². The van der Waals surface area contributed by atoms with Crippen LogP contribution in [-0.4, -0.2) is 59.5 Å². The lowest BCUT2D eigenvalue weighted by atomic mass is 10.2. The van der Waals surface area contributed by atoms with Gasteiger partial charge in [0.2, 0.25) is 11.8 Å². The second kappa shape index (κ2) is 7.51. The lowest BCUT2D eigenvalue weighted by Crippen LogP contribution is -2.48. The molecule has 7 heteroatoms. The van der Waals surface area contributed by atoms with Crippen LogP contribution in [0.2, 0.25) is 0 Å². The van der Waals surface area contributed by atoms with E-state index in [-0.39, 0.29) is 18.4 Å². The first-order valence-corrected chi connectivity index (χ1v) is 8.01. The Labute approximate surface area is 128 Å². The number of hydrogen-bond acceptors (Lipinski definition) is 5. The third-order valence-electron chi connectivity index (χ3n) is 3.27. The summed E-state index contributed by atoms with van der Waals surface area (Å²) in [5, 5.41) is 0. The molecular formula is C14H20N2O4S. The fourth-order valence-electron chi connectivity index (χ4n) is 2.13. The van der Waals surface area contributed by atoms with Crippen molar-refractivity contribution in [2.45, 2.75) is 19.5 Å². The highest BCUT2D eigenvalue weighted by Crippen LogP contribution is 2.23. The van der Waals surface area contributed by atoms with Crippen LogP contribution in [-0.2, 0) is 20.9 Å². The molecule has 0 saturated carbocycles. The van der Waals surface area contributed by atoms with Crippen molar-refractivity contribution in [2.75, 3.05) is 31.9 Å². The van der Waals surface area contributed by atoms with Crippen molar-refractivity contribution in [3.63, 3.8) is 0 Å². The van der Waals surface area contributed by atoms with E-state index in [1.807, 2.05) is 13.0 Å². The molecule has 2 rings (SSSR count). The van der Waals surface area contributed by atoms with Crippen molar-refractivity contribution in [1.29, 1.82) is 0 Å². The maximum atomic E-state index is 12.5. The zero-order chi connectivity index (χ0) is 15.2. The number of thioether (sulfide) groups is 1. The molecule has 0 N–H and O–H groups in total. The van der Waals surface area contributed by atoms with Gasteiger partial charge in [-0.2, -0.15) is 0 Å². The fourth-order valence-corrected chi connectivity index (χ4v) is 3.31. The van der Waals surface area contributed by atoms with Gasteiger partial charge >= 0.3 is 0 Å². The number of carbonyl (C=O) groups excluding carboxylic acids is 2. The van der Waals surface area contributed by atoms with Gasteiger partial charge in [0.05, 0.1) is 18.7 Å². The highest BCUT2D eigenvalue weighted by Gasteiger charge is 2.36. The number of furan rings is 1. The Morgan fingerprint density at radius 3 is 3.05 bits per heavy atom. The zero-order valence-corrected chi connectivity index (χ0v) is 13.1. The molecule has 0 unspecified atom stereocenters. The SMILES string of the molecule is CCOCC(=O)N1CSC[C@@H]1C(=O)N(C)Cc1ccco1. The summed E-state index contributed by atoms with van der Waals surface area (Å²) in [6.45, 7) is 2.76. The fraction of sp³-hybridized carbons (Fsp3) is 0.571.